The van der Waals surface area contributed by atoms with E-state index in [-0.39, 0.29) is 0 Å². The quantitative estimate of drug-likeness (QED) is 0.357. The molecule has 1 aromatic heterocycles. The van der Waals surface area contributed by atoms with Crippen molar-refractivity contribution < 1.29 is 9.90 Å². The summed E-state index contributed by atoms with van der Waals surface area (Å²) >= 11 is 0. The summed E-state index contributed by atoms with van der Waals surface area (Å²) in [6.45, 7) is 0. The maximum atomic E-state index is 12.0. The fraction of sp³-hybridized carbons (Fsp3) is 0.0833. The van der Waals surface area contributed by atoms with Gasteiger partial charge < -0.3 is 5.11 Å². The van der Waals surface area contributed by atoms with Crippen LogP contribution in [0.25, 0.3) is 38.2 Å². The summed E-state index contributed by atoms with van der Waals surface area (Å²) < 4.78 is 0. The molecule has 1 heterocycles. The highest BCUT2D eigenvalue weighted by molar-refractivity contribution is 6.19. The second kappa shape index (κ2) is 6.06. The molecule has 4 aromatic rings. The number of carboxylic acids is 1. The van der Waals surface area contributed by atoms with Crippen molar-refractivity contribution in [3.05, 3.63) is 84.0 Å². The fourth-order valence-corrected chi connectivity index (χ4v) is 3.96. The van der Waals surface area contributed by atoms with Crippen molar-refractivity contribution >= 4 is 44.1 Å². The molecule has 3 heteroatoms. The third-order valence-corrected chi connectivity index (χ3v) is 5.26. The predicted molar refractivity (Wildman–Crippen MR) is 110 cm³/mol. The number of para-hydroxylation sites is 1. The lowest BCUT2D eigenvalue weighted by Gasteiger charge is -2.13. The third-order valence-electron chi connectivity index (χ3n) is 5.26. The maximum Gasteiger partial charge on any atom is 0.337 e. The number of aromatic carboxylic acids is 1. The lowest BCUT2D eigenvalue weighted by Crippen LogP contribution is -2.01. The lowest BCUT2D eigenvalue weighted by atomic mass is 9.93. The number of rotatable bonds is 2. The highest BCUT2D eigenvalue weighted by Gasteiger charge is 2.16. The summed E-state index contributed by atoms with van der Waals surface area (Å²) in [5.74, 6) is -0.922. The average molecular weight is 351 g/mol. The van der Waals surface area contributed by atoms with Crippen LogP contribution in [0.15, 0.2) is 72.8 Å². The van der Waals surface area contributed by atoms with Gasteiger partial charge in [0.2, 0.25) is 0 Å². The van der Waals surface area contributed by atoms with Crippen LogP contribution in [0.3, 0.4) is 0 Å². The van der Waals surface area contributed by atoms with Crippen molar-refractivity contribution in [3.8, 4) is 0 Å². The van der Waals surface area contributed by atoms with Crippen LogP contribution in [0.5, 0.6) is 0 Å². The number of allylic oxidation sites excluding steroid dienone is 4. The number of aromatic nitrogens is 1. The van der Waals surface area contributed by atoms with Gasteiger partial charge in [0.1, 0.15) is 0 Å². The minimum absolute atomic E-state index is 0.321. The Bertz CT molecular complexity index is 1300. The first-order chi connectivity index (χ1) is 13.2. The van der Waals surface area contributed by atoms with Gasteiger partial charge in [-0.25, -0.2) is 9.78 Å². The molecule has 3 nitrogen and oxygen atoms in total. The van der Waals surface area contributed by atoms with E-state index in [4.69, 9.17) is 4.98 Å². The van der Waals surface area contributed by atoms with Crippen LogP contribution in [0.4, 0.5) is 0 Å². The van der Waals surface area contributed by atoms with Crippen molar-refractivity contribution in [2.24, 2.45) is 0 Å². The SMILES string of the molecule is O=C(O)c1c2ccccc2nc2c1ccc1cc(C3=CC=CCC3)ccc12. The molecule has 0 fully saturated rings. The molecule has 0 bridgehead atoms. The van der Waals surface area contributed by atoms with E-state index >= 15 is 0 Å². The molecule has 0 saturated carbocycles. The van der Waals surface area contributed by atoms with Gasteiger partial charge >= 0.3 is 5.97 Å². The van der Waals surface area contributed by atoms with Gasteiger partial charge in [-0.15, -0.1) is 0 Å². The van der Waals surface area contributed by atoms with Gasteiger partial charge in [-0.1, -0.05) is 60.7 Å². The Balaban J connectivity index is 1.83. The molecule has 0 atom stereocenters. The van der Waals surface area contributed by atoms with E-state index in [0.717, 1.165) is 29.1 Å². The minimum atomic E-state index is -0.922. The summed E-state index contributed by atoms with van der Waals surface area (Å²) in [4.78, 5) is 16.8. The Labute approximate surface area is 156 Å². The van der Waals surface area contributed by atoms with Gasteiger partial charge in [0.25, 0.3) is 0 Å². The van der Waals surface area contributed by atoms with Gasteiger partial charge in [-0.2, -0.15) is 0 Å². The van der Waals surface area contributed by atoms with Crippen molar-refractivity contribution in [1.82, 2.24) is 4.98 Å². The van der Waals surface area contributed by atoms with Crippen molar-refractivity contribution in [3.63, 3.8) is 0 Å². The molecule has 1 aliphatic carbocycles. The van der Waals surface area contributed by atoms with Crippen molar-refractivity contribution in [1.29, 1.82) is 0 Å². The molecular weight excluding hydrogens is 334 g/mol. The molecule has 1 N–H and O–H groups in total. The molecule has 0 amide bonds. The molecule has 0 unspecified atom stereocenters. The molecule has 0 spiro atoms. The Morgan fingerprint density at radius 2 is 1.81 bits per heavy atom. The van der Waals surface area contributed by atoms with E-state index in [1.54, 1.807) is 0 Å². The molecule has 27 heavy (non-hydrogen) atoms. The number of carboxylic acid groups (broad SMARTS) is 1. The highest BCUT2D eigenvalue weighted by Crippen LogP contribution is 2.33. The molecule has 1 aliphatic rings. The van der Waals surface area contributed by atoms with E-state index in [2.05, 4.69) is 36.4 Å². The second-order valence-corrected chi connectivity index (χ2v) is 6.87. The predicted octanol–water partition coefficient (Wildman–Crippen LogP) is 5.97. The minimum Gasteiger partial charge on any atom is -0.478 e. The van der Waals surface area contributed by atoms with E-state index < -0.39 is 5.97 Å². The summed E-state index contributed by atoms with van der Waals surface area (Å²) in [5.41, 5.74) is 4.32. The van der Waals surface area contributed by atoms with Crippen LogP contribution < -0.4 is 0 Å². The Morgan fingerprint density at radius 1 is 0.963 bits per heavy atom. The van der Waals surface area contributed by atoms with Gasteiger partial charge in [-0.05, 0) is 41.5 Å². The number of carbonyl (C=O) groups is 1. The molecule has 3 aromatic carbocycles. The zero-order valence-electron chi connectivity index (χ0n) is 14.6. The zero-order chi connectivity index (χ0) is 18.4. The molecule has 5 rings (SSSR count). The summed E-state index contributed by atoms with van der Waals surface area (Å²) in [6.07, 6.45) is 8.56. The number of fused-ring (bicyclic) bond motifs is 4. The smallest absolute Gasteiger partial charge is 0.337 e. The molecule has 0 aliphatic heterocycles. The number of hydrogen-bond donors (Lipinski definition) is 1. The van der Waals surface area contributed by atoms with E-state index in [1.807, 2.05) is 36.4 Å². The van der Waals surface area contributed by atoms with Crippen LogP contribution in [0, 0.1) is 0 Å². The topological polar surface area (TPSA) is 50.2 Å². The van der Waals surface area contributed by atoms with Gasteiger partial charge in [0.05, 0.1) is 16.6 Å². The van der Waals surface area contributed by atoms with Crippen LogP contribution in [0.1, 0.15) is 28.8 Å². The Morgan fingerprint density at radius 3 is 2.63 bits per heavy atom. The highest BCUT2D eigenvalue weighted by atomic mass is 16.4. The van der Waals surface area contributed by atoms with Crippen LogP contribution in [-0.4, -0.2) is 16.1 Å². The average Bonchev–Trinajstić information content (AvgIpc) is 2.72. The van der Waals surface area contributed by atoms with Gasteiger partial charge in [-0.3, -0.25) is 0 Å². The van der Waals surface area contributed by atoms with E-state index in [9.17, 15) is 9.90 Å². The summed E-state index contributed by atoms with van der Waals surface area (Å²) in [6, 6.07) is 17.7. The number of hydrogen-bond acceptors (Lipinski definition) is 2. The molecule has 0 saturated heterocycles. The monoisotopic (exact) mass is 351 g/mol. The van der Waals surface area contributed by atoms with E-state index in [0.29, 0.717) is 21.9 Å². The molecule has 130 valence electrons. The Kier molecular flexibility index (Phi) is 3.54. The fourth-order valence-electron chi connectivity index (χ4n) is 3.96. The summed E-state index contributed by atoms with van der Waals surface area (Å²) in [5, 5.41) is 13.2. The van der Waals surface area contributed by atoms with Crippen molar-refractivity contribution in [2.75, 3.05) is 0 Å². The number of pyridine rings is 1. The van der Waals surface area contributed by atoms with Gasteiger partial charge in [0, 0.05) is 16.2 Å². The first-order valence-corrected chi connectivity index (χ1v) is 9.07. The van der Waals surface area contributed by atoms with Crippen molar-refractivity contribution in [2.45, 2.75) is 12.8 Å². The first-order valence-electron chi connectivity index (χ1n) is 9.07. The maximum absolute atomic E-state index is 12.0. The normalized spacial score (nSPS) is 14.0. The second-order valence-electron chi connectivity index (χ2n) is 6.87. The Hall–Kier alpha value is -3.46. The summed E-state index contributed by atoms with van der Waals surface area (Å²) in [7, 11) is 0. The van der Waals surface area contributed by atoms with Crippen LogP contribution in [-0.2, 0) is 0 Å². The van der Waals surface area contributed by atoms with E-state index in [1.165, 1.54) is 11.1 Å². The third kappa shape index (κ3) is 2.51. The van der Waals surface area contributed by atoms with Crippen LogP contribution >= 0.6 is 0 Å². The number of benzene rings is 3. The zero-order valence-corrected chi connectivity index (χ0v) is 14.6. The standard InChI is InChI=1S/C24H17NO2/c26-24(27)22-19-8-4-5-9-21(19)25-23-18-12-10-16(15-6-2-1-3-7-15)14-17(18)11-13-20(22)23/h1-2,4-6,8-14H,3,7H2,(H,26,27). The number of nitrogens with zero attached hydrogens (tertiary/aromatic N) is 1. The molecule has 0 radical (unpaired) electrons. The van der Waals surface area contributed by atoms with Crippen LogP contribution in [0.2, 0.25) is 0 Å². The molecular formula is C24H17NO2. The first kappa shape index (κ1) is 15.8. The largest absolute Gasteiger partial charge is 0.478 e. The van der Waals surface area contributed by atoms with Gasteiger partial charge in [0.15, 0.2) is 0 Å². The lowest BCUT2D eigenvalue weighted by molar-refractivity contribution is 0.0701.